The molecule has 1 unspecified atom stereocenters. The van der Waals surface area contributed by atoms with E-state index in [0.717, 1.165) is 19.3 Å². The number of carbonyl (C=O) groups excluding carboxylic acids is 4. The van der Waals surface area contributed by atoms with Crippen LogP contribution in [0.2, 0.25) is 0 Å². The van der Waals surface area contributed by atoms with Crippen molar-refractivity contribution in [3.8, 4) is 0 Å². The van der Waals surface area contributed by atoms with Crippen molar-refractivity contribution in [2.75, 3.05) is 28.6 Å². The lowest BCUT2D eigenvalue weighted by Gasteiger charge is -2.29. The molecule has 8 nitrogen and oxygen atoms in total. The van der Waals surface area contributed by atoms with E-state index in [1.165, 1.54) is 4.90 Å². The Morgan fingerprint density at radius 1 is 0.969 bits per heavy atom. The first kappa shape index (κ1) is 20.2. The van der Waals surface area contributed by atoms with Gasteiger partial charge in [0.2, 0.25) is 17.7 Å². The fourth-order valence-corrected chi connectivity index (χ4v) is 4.36. The first-order valence-corrected chi connectivity index (χ1v) is 10.9. The molecule has 5 rings (SSSR count). The highest BCUT2D eigenvalue weighted by molar-refractivity contribution is 6.15. The number of fused-ring (bicyclic) bond motifs is 1. The predicted octanol–water partition coefficient (Wildman–Crippen LogP) is 2.62. The molecule has 0 spiro atoms. The monoisotopic (exact) mass is 432 g/mol. The fourth-order valence-electron chi connectivity index (χ4n) is 4.36. The lowest BCUT2D eigenvalue weighted by molar-refractivity contribution is -0.137. The van der Waals surface area contributed by atoms with E-state index in [9.17, 15) is 19.2 Å². The number of benzene rings is 2. The molecule has 1 atom stereocenters. The van der Waals surface area contributed by atoms with E-state index in [1.54, 1.807) is 47.4 Å². The van der Waals surface area contributed by atoms with Gasteiger partial charge in [-0.25, -0.2) is 0 Å². The van der Waals surface area contributed by atoms with Gasteiger partial charge in [0.05, 0.1) is 11.4 Å². The average molecular weight is 432 g/mol. The number of nitrogens with one attached hydrogen (secondary N) is 2. The van der Waals surface area contributed by atoms with Crippen LogP contribution in [0.5, 0.6) is 0 Å². The summed E-state index contributed by atoms with van der Waals surface area (Å²) < 4.78 is 0. The zero-order chi connectivity index (χ0) is 22.2. The van der Waals surface area contributed by atoms with Crippen molar-refractivity contribution >= 4 is 40.7 Å². The summed E-state index contributed by atoms with van der Waals surface area (Å²) in [6, 6.07) is 13.3. The van der Waals surface area contributed by atoms with E-state index < -0.39 is 6.04 Å². The molecule has 164 valence electrons. The van der Waals surface area contributed by atoms with Crippen molar-refractivity contribution in [3.05, 3.63) is 54.1 Å². The number of rotatable bonds is 4. The van der Waals surface area contributed by atoms with Crippen molar-refractivity contribution in [1.29, 1.82) is 0 Å². The Kier molecular flexibility index (Phi) is 5.13. The maximum atomic E-state index is 13.1. The molecule has 1 saturated carbocycles. The second kappa shape index (κ2) is 8.11. The van der Waals surface area contributed by atoms with Crippen LogP contribution in [0.15, 0.2) is 48.5 Å². The van der Waals surface area contributed by atoms with Crippen LogP contribution in [0.1, 0.15) is 36.0 Å². The van der Waals surface area contributed by atoms with Crippen LogP contribution in [-0.4, -0.2) is 47.7 Å². The highest BCUT2D eigenvalue weighted by Gasteiger charge is 2.40. The molecule has 0 aromatic heterocycles. The number of likely N-dealkylation sites (tertiary alicyclic amines) is 1. The molecular weight excluding hydrogens is 408 g/mol. The lowest BCUT2D eigenvalue weighted by atomic mass is 10.1. The molecule has 2 aromatic carbocycles. The second-order valence-electron chi connectivity index (χ2n) is 8.49. The fraction of sp³-hybridized carbons (Fsp3) is 0.333. The van der Waals surface area contributed by atoms with Crippen LogP contribution in [0, 0.1) is 5.92 Å². The number of para-hydroxylation sites is 2. The summed E-state index contributed by atoms with van der Waals surface area (Å²) in [6.45, 7) is 0.576. The molecule has 2 N–H and O–H groups in total. The number of nitrogens with zero attached hydrogens (tertiary/aromatic N) is 2. The number of carbonyl (C=O) groups is 4. The van der Waals surface area contributed by atoms with E-state index in [2.05, 4.69) is 10.6 Å². The SMILES string of the molecule is O=C1CN(C(=O)c2ccc(NC(=O)C3CCCN3C(=O)C3CC3)cc2)c2ccccc2N1. The molecule has 2 aromatic rings. The van der Waals surface area contributed by atoms with Gasteiger partial charge in [0.1, 0.15) is 12.6 Å². The van der Waals surface area contributed by atoms with Crippen molar-refractivity contribution < 1.29 is 19.2 Å². The van der Waals surface area contributed by atoms with Crippen LogP contribution < -0.4 is 15.5 Å². The number of hydrogen-bond donors (Lipinski definition) is 2. The van der Waals surface area contributed by atoms with Gasteiger partial charge in [0.15, 0.2) is 0 Å². The normalized spacial score (nSPS) is 19.9. The summed E-state index contributed by atoms with van der Waals surface area (Å²) in [7, 11) is 0. The van der Waals surface area contributed by atoms with Gasteiger partial charge in [-0.05, 0) is 62.1 Å². The molecule has 0 radical (unpaired) electrons. The molecule has 4 amide bonds. The maximum absolute atomic E-state index is 13.1. The Hall–Kier alpha value is -3.68. The van der Waals surface area contributed by atoms with Crippen molar-refractivity contribution in [2.24, 2.45) is 5.92 Å². The third-order valence-corrected chi connectivity index (χ3v) is 6.18. The first-order chi connectivity index (χ1) is 15.5. The maximum Gasteiger partial charge on any atom is 0.258 e. The summed E-state index contributed by atoms with van der Waals surface area (Å²) in [4.78, 5) is 53.4. The van der Waals surface area contributed by atoms with E-state index in [4.69, 9.17) is 0 Å². The third-order valence-electron chi connectivity index (χ3n) is 6.18. The quantitative estimate of drug-likeness (QED) is 0.776. The Labute approximate surface area is 185 Å². The largest absolute Gasteiger partial charge is 0.330 e. The van der Waals surface area contributed by atoms with Gasteiger partial charge in [-0.1, -0.05) is 12.1 Å². The molecule has 2 aliphatic heterocycles. The Balaban J connectivity index is 1.27. The summed E-state index contributed by atoms with van der Waals surface area (Å²) in [6.07, 6.45) is 3.33. The summed E-state index contributed by atoms with van der Waals surface area (Å²) in [5.41, 5.74) is 2.23. The molecule has 3 aliphatic rings. The topological polar surface area (TPSA) is 98.8 Å². The molecule has 1 saturated heterocycles. The second-order valence-corrected chi connectivity index (χ2v) is 8.49. The minimum absolute atomic E-state index is 0.0547. The van der Waals surface area contributed by atoms with Crippen LogP contribution in [-0.2, 0) is 14.4 Å². The number of amides is 4. The van der Waals surface area contributed by atoms with Gasteiger partial charge in [0, 0.05) is 23.7 Å². The zero-order valence-corrected chi connectivity index (χ0v) is 17.5. The molecule has 0 bridgehead atoms. The van der Waals surface area contributed by atoms with Gasteiger partial charge in [0.25, 0.3) is 5.91 Å². The Bertz CT molecular complexity index is 1090. The first-order valence-electron chi connectivity index (χ1n) is 10.9. The van der Waals surface area contributed by atoms with Crippen LogP contribution in [0.25, 0.3) is 0 Å². The highest BCUT2D eigenvalue weighted by Crippen LogP contribution is 2.34. The molecule has 32 heavy (non-hydrogen) atoms. The summed E-state index contributed by atoms with van der Waals surface area (Å²) in [5.74, 6) is -0.549. The van der Waals surface area contributed by atoms with Crippen molar-refractivity contribution in [1.82, 2.24) is 4.90 Å². The van der Waals surface area contributed by atoms with Crippen molar-refractivity contribution in [3.63, 3.8) is 0 Å². The molecule has 2 heterocycles. The average Bonchev–Trinajstić information content (AvgIpc) is 3.54. The third kappa shape index (κ3) is 3.84. The number of anilines is 3. The smallest absolute Gasteiger partial charge is 0.258 e. The highest BCUT2D eigenvalue weighted by atomic mass is 16.2. The van der Waals surface area contributed by atoms with Gasteiger partial charge in [-0.15, -0.1) is 0 Å². The zero-order valence-electron chi connectivity index (χ0n) is 17.5. The lowest BCUT2D eigenvalue weighted by Crippen LogP contribution is -2.43. The van der Waals surface area contributed by atoms with E-state index in [-0.39, 0.29) is 36.1 Å². The van der Waals surface area contributed by atoms with Crippen molar-refractivity contribution in [2.45, 2.75) is 31.7 Å². The Morgan fingerprint density at radius 3 is 2.47 bits per heavy atom. The van der Waals surface area contributed by atoms with Gasteiger partial charge < -0.3 is 15.5 Å². The van der Waals surface area contributed by atoms with Crippen LogP contribution in [0.4, 0.5) is 17.1 Å². The Morgan fingerprint density at radius 2 is 1.72 bits per heavy atom. The van der Waals surface area contributed by atoms with Gasteiger partial charge in [-0.2, -0.15) is 0 Å². The molecule has 8 heteroatoms. The van der Waals surface area contributed by atoms with E-state index >= 15 is 0 Å². The predicted molar refractivity (Wildman–Crippen MR) is 119 cm³/mol. The number of hydrogen-bond acceptors (Lipinski definition) is 4. The summed E-state index contributed by atoms with van der Waals surface area (Å²) in [5, 5.41) is 5.64. The van der Waals surface area contributed by atoms with Crippen LogP contribution in [0.3, 0.4) is 0 Å². The van der Waals surface area contributed by atoms with E-state index in [0.29, 0.717) is 35.6 Å². The molecule has 1 aliphatic carbocycles. The molecule has 2 fully saturated rings. The molecular formula is C24H24N4O4. The minimum atomic E-state index is -0.437. The minimum Gasteiger partial charge on any atom is -0.330 e. The summed E-state index contributed by atoms with van der Waals surface area (Å²) >= 11 is 0. The standard InChI is InChI=1S/C24H24N4O4/c29-21-14-28(19-5-2-1-4-18(19)26-21)24(32)16-9-11-17(12-10-16)25-22(30)20-6-3-13-27(20)23(31)15-7-8-15/h1-2,4-5,9-12,15,20H,3,6-8,13-14H2,(H,25,30)(H,26,29). The van der Waals surface area contributed by atoms with Crippen LogP contribution >= 0.6 is 0 Å². The van der Waals surface area contributed by atoms with Gasteiger partial charge in [-0.3, -0.25) is 24.1 Å². The van der Waals surface area contributed by atoms with Gasteiger partial charge >= 0.3 is 0 Å². The van der Waals surface area contributed by atoms with E-state index in [1.807, 2.05) is 6.07 Å².